The Morgan fingerprint density at radius 2 is 1.90 bits per heavy atom. The van der Waals surface area contributed by atoms with Crippen LogP contribution in [0, 0.1) is 0 Å². The maximum Gasteiger partial charge on any atom is 0.387 e. The molecule has 0 aliphatic heterocycles. The lowest BCUT2D eigenvalue weighted by atomic mass is 10.2. The van der Waals surface area contributed by atoms with Crippen LogP contribution in [0.25, 0.3) is 0 Å². The molecule has 2 rings (SSSR count). The van der Waals surface area contributed by atoms with E-state index in [9.17, 15) is 13.6 Å². The fraction of sp³-hybridized carbons (Fsp3) is 0.429. The van der Waals surface area contributed by atoms with Gasteiger partial charge in [0, 0.05) is 39.0 Å². The molecule has 13 heteroatoms. The highest BCUT2D eigenvalue weighted by Gasteiger charge is 2.20. The van der Waals surface area contributed by atoms with E-state index in [4.69, 9.17) is 4.74 Å². The number of carbonyl (C=O) groups excluding carboxylic acids is 1. The van der Waals surface area contributed by atoms with Crippen molar-refractivity contribution >= 4 is 46.5 Å². The van der Waals surface area contributed by atoms with Crippen LogP contribution in [0.3, 0.4) is 0 Å². The topological polar surface area (TPSA) is 111 Å². The number of benzene rings is 1. The van der Waals surface area contributed by atoms with Gasteiger partial charge in [0.25, 0.3) is 0 Å². The van der Waals surface area contributed by atoms with Crippen LogP contribution in [-0.4, -0.2) is 80.0 Å². The number of carbonyl (C=O) groups is 1. The summed E-state index contributed by atoms with van der Waals surface area (Å²) < 4.78 is 33.4. The zero-order valence-corrected chi connectivity index (χ0v) is 24.9. The lowest BCUT2D eigenvalue weighted by Gasteiger charge is -2.26. The van der Waals surface area contributed by atoms with Crippen molar-refractivity contribution in [2.24, 2.45) is 9.98 Å². The number of likely N-dealkylation sites (N-methyl/N-ethyl adjacent to an activating group) is 2. The molecular formula is C28H41F2N9O2. The van der Waals surface area contributed by atoms with Crippen molar-refractivity contribution in [3.8, 4) is 5.75 Å². The number of nitrogens with one attached hydrogen (secondary N) is 3. The standard InChI is InChI=1S/C28H41F2N9O2/c1-10-22-26(31-12-3)27(32-13-4)36-39(22)19(6)33-18(5)34-21-16-20(35-25(40)11-2)23(17-24(21)41-28(29)30)38(9)15-14-37(7)8/h11-12,16-17,28,34H,2,5,10,13-15H2,1,3-4,6-9H3,(H,32,36)(H,35,40)/b31-12-,33-19+. The number of amides is 1. The molecule has 1 heterocycles. The predicted octanol–water partition coefficient (Wildman–Crippen LogP) is 5.17. The Morgan fingerprint density at radius 1 is 1.20 bits per heavy atom. The van der Waals surface area contributed by atoms with Crippen molar-refractivity contribution in [1.29, 1.82) is 0 Å². The molecule has 0 radical (unpaired) electrons. The summed E-state index contributed by atoms with van der Waals surface area (Å²) in [5, 5.41) is 13.5. The molecule has 0 aliphatic rings. The molecular weight excluding hydrogens is 532 g/mol. The minimum absolute atomic E-state index is 0.136. The SMILES string of the molecule is C=CC(=O)Nc1cc(NC(=C)/N=C(\C)n2nc(NCC)c(/N=C\C)c2CC)c(OC(F)F)cc1N(C)CCN(C)C. The van der Waals surface area contributed by atoms with Crippen LogP contribution in [0.4, 0.5) is 37.3 Å². The number of nitrogens with zero attached hydrogens (tertiary/aromatic N) is 6. The molecule has 0 bridgehead atoms. The van der Waals surface area contributed by atoms with Crippen molar-refractivity contribution in [2.75, 3.05) is 61.6 Å². The lowest BCUT2D eigenvalue weighted by molar-refractivity contribution is -0.111. The molecule has 0 unspecified atom stereocenters. The monoisotopic (exact) mass is 573 g/mol. The maximum atomic E-state index is 13.4. The van der Waals surface area contributed by atoms with Crippen molar-refractivity contribution in [1.82, 2.24) is 14.7 Å². The van der Waals surface area contributed by atoms with Gasteiger partial charge in [-0.1, -0.05) is 20.1 Å². The molecule has 3 N–H and O–H groups in total. The number of aromatic nitrogens is 2. The Morgan fingerprint density at radius 3 is 2.46 bits per heavy atom. The first kappa shape index (κ1) is 32.9. The average Bonchev–Trinajstić information content (AvgIpc) is 3.25. The fourth-order valence-electron chi connectivity index (χ4n) is 3.94. The Labute approximate surface area is 240 Å². The minimum Gasteiger partial charge on any atom is -0.433 e. The molecule has 1 aromatic carbocycles. The summed E-state index contributed by atoms with van der Waals surface area (Å²) in [6, 6.07) is 2.94. The molecule has 0 saturated carbocycles. The van der Waals surface area contributed by atoms with Crippen LogP contribution < -0.4 is 25.6 Å². The van der Waals surface area contributed by atoms with Crippen LogP contribution in [-0.2, 0) is 11.2 Å². The van der Waals surface area contributed by atoms with Crippen LogP contribution in [0.2, 0.25) is 0 Å². The second-order valence-corrected chi connectivity index (χ2v) is 9.22. The van der Waals surface area contributed by atoms with E-state index in [0.29, 0.717) is 54.8 Å². The first-order chi connectivity index (χ1) is 19.4. The number of rotatable bonds is 15. The van der Waals surface area contributed by atoms with Crippen molar-refractivity contribution in [2.45, 2.75) is 40.7 Å². The van der Waals surface area contributed by atoms with Crippen LogP contribution >= 0.6 is 0 Å². The average molecular weight is 574 g/mol. The van der Waals surface area contributed by atoms with Gasteiger partial charge >= 0.3 is 6.61 Å². The molecule has 41 heavy (non-hydrogen) atoms. The summed E-state index contributed by atoms with van der Waals surface area (Å²) in [7, 11) is 5.64. The Hall–Kier alpha value is -4.26. The molecule has 0 fully saturated rings. The highest BCUT2D eigenvalue weighted by molar-refractivity contribution is 6.02. The van der Waals surface area contributed by atoms with Gasteiger partial charge in [0.05, 0.1) is 22.8 Å². The van der Waals surface area contributed by atoms with E-state index in [1.807, 2.05) is 44.7 Å². The van der Waals surface area contributed by atoms with Gasteiger partial charge in [-0.2, -0.15) is 8.78 Å². The summed E-state index contributed by atoms with van der Waals surface area (Å²) >= 11 is 0. The van der Waals surface area contributed by atoms with E-state index < -0.39 is 12.5 Å². The molecule has 0 spiro atoms. The third-order valence-electron chi connectivity index (χ3n) is 5.82. The van der Waals surface area contributed by atoms with Gasteiger partial charge in [-0.25, -0.2) is 9.67 Å². The number of anilines is 4. The largest absolute Gasteiger partial charge is 0.433 e. The second-order valence-electron chi connectivity index (χ2n) is 9.22. The summed E-state index contributed by atoms with van der Waals surface area (Å²) in [5.74, 6) is 0.646. The Balaban J connectivity index is 2.53. The summed E-state index contributed by atoms with van der Waals surface area (Å²) in [6.45, 7) is 13.8. The third-order valence-corrected chi connectivity index (χ3v) is 5.82. The number of hydrogen-bond donors (Lipinski definition) is 3. The van der Waals surface area contributed by atoms with Gasteiger partial charge in [-0.15, -0.1) is 5.10 Å². The number of halogens is 2. The zero-order chi connectivity index (χ0) is 30.7. The van der Waals surface area contributed by atoms with Gasteiger partial charge in [0.1, 0.15) is 17.3 Å². The summed E-state index contributed by atoms with van der Waals surface area (Å²) in [5.41, 5.74) is 2.55. The molecule has 0 aliphatic carbocycles. The van der Waals surface area contributed by atoms with Crippen molar-refractivity contribution in [3.05, 3.63) is 42.9 Å². The highest BCUT2D eigenvalue weighted by atomic mass is 19.3. The third kappa shape index (κ3) is 9.13. The van der Waals surface area contributed by atoms with Gasteiger partial charge in [-0.3, -0.25) is 9.79 Å². The zero-order valence-electron chi connectivity index (χ0n) is 24.9. The fourth-order valence-corrected chi connectivity index (χ4v) is 3.94. The second kappa shape index (κ2) is 15.5. The normalized spacial score (nSPS) is 11.7. The van der Waals surface area contributed by atoms with Crippen LogP contribution in [0.5, 0.6) is 5.75 Å². The van der Waals surface area contributed by atoms with E-state index in [2.05, 4.69) is 44.2 Å². The van der Waals surface area contributed by atoms with E-state index in [0.717, 1.165) is 11.8 Å². The lowest BCUT2D eigenvalue weighted by Crippen LogP contribution is -2.29. The summed E-state index contributed by atoms with van der Waals surface area (Å²) in [4.78, 5) is 25.0. The Kier molecular flexibility index (Phi) is 12.5. The number of aliphatic imine (C=N–C) groups is 2. The predicted molar refractivity (Wildman–Crippen MR) is 165 cm³/mol. The molecule has 11 nitrogen and oxygen atoms in total. The number of ether oxygens (including phenoxy) is 1. The smallest absolute Gasteiger partial charge is 0.387 e. The molecule has 1 amide bonds. The molecule has 2 aromatic rings. The Bertz CT molecular complexity index is 1290. The van der Waals surface area contributed by atoms with Gasteiger partial charge in [0.15, 0.2) is 11.6 Å². The van der Waals surface area contributed by atoms with E-state index in [1.54, 1.807) is 24.9 Å². The summed E-state index contributed by atoms with van der Waals surface area (Å²) in [6.07, 6.45) is 3.46. The van der Waals surface area contributed by atoms with Crippen molar-refractivity contribution in [3.63, 3.8) is 0 Å². The molecule has 1 aromatic heterocycles. The minimum atomic E-state index is -3.08. The number of alkyl halides is 2. The van der Waals surface area contributed by atoms with Crippen molar-refractivity contribution < 1.29 is 18.3 Å². The first-order valence-electron chi connectivity index (χ1n) is 13.2. The molecule has 0 saturated heterocycles. The van der Waals surface area contributed by atoms with Gasteiger partial charge in [0.2, 0.25) is 5.91 Å². The number of hydrogen-bond acceptors (Lipinski definition) is 9. The van der Waals surface area contributed by atoms with E-state index in [-0.39, 0.29) is 17.3 Å². The van der Waals surface area contributed by atoms with E-state index >= 15 is 0 Å². The van der Waals surface area contributed by atoms with Gasteiger partial charge in [-0.05, 0) is 53.4 Å². The van der Waals surface area contributed by atoms with Crippen LogP contribution in [0.15, 0.2) is 47.2 Å². The quantitative estimate of drug-likeness (QED) is 0.153. The maximum absolute atomic E-state index is 13.4. The highest BCUT2D eigenvalue weighted by Crippen LogP contribution is 2.38. The molecule has 0 atom stereocenters. The molecule has 224 valence electrons. The first-order valence-corrected chi connectivity index (χ1v) is 13.2. The van der Waals surface area contributed by atoms with Gasteiger partial charge < -0.3 is 30.5 Å². The van der Waals surface area contributed by atoms with E-state index in [1.165, 1.54) is 12.1 Å². The van der Waals surface area contributed by atoms with Crippen LogP contribution in [0.1, 0.15) is 33.4 Å².